The molecule has 1 aliphatic heterocycles. The van der Waals surface area contributed by atoms with Gasteiger partial charge in [-0.05, 0) is 31.4 Å². The van der Waals surface area contributed by atoms with E-state index >= 15 is 0 Å². The lowest BCUT2D eigenvalue weighted by molar-refractivity contribution is -0.133. The second kappa shape index (κ2) is 5.82. The number of halogens is 2. The van der Waals surface area contributed by atoms with Crippen LogP contribution in [-0.2, 0) is 4.79 Å². The Morgan fingerprint density at radius 2 is 2.05 bits per heavy atom. The van der Waals surface area contributed by atoms with Crippen molar-refractivity contribution >= 4 is 29.1 Å². The minimum atomic E-state index is -0.881. The molecule has 0 aromatic heterocycles. The summed E-state index contributed by atoms with van der Waals surface area (Å²) in [5, 5.41) is 0. The Balaban J connectivity index is 1.86. The fraction of sp³-hybridized carbons (Fsp3) is 0.562. The van der Waals surface area contributed by atoms with E-state index in [1.165, 1.54) is 0 Å². The van der Waals surface area contributed by atoms with Gasteiger partial charge in [0.15, 0.2) is 0 Å². The number of nitrogens with zero attached hydrogens (tertiary/aromatic N) is 1. The van der Waals surface area contributed by atoms with Crippen molar-refractivity contribution in [1.29, 1.82) is 0 Å². The van der Waals surface area contributed by atoms with E-state index in [2.05, 4.69) is 0 Å². The van der Waals surface area contributed by atoms with Gasteiger partial charge < -0.3 is 14.4 Å². The molecule has 0 radical (unpaired) electrons. The zero-order chi connectivity index (χ0) is 15.9. The van der Waals surface area contributed by atoms with Gasteiger partial charge in [-0.1, -0.05) is 0 Å². The second-order valence-electron chi connectivity index (χ2n) is 5.82. The molecule has 0 bridgehead atoms. The van der Waals surface area contributed by atoms with Gasteiger partial charge in [-0.2, -0.15) is 0 Å². The first-order valence-electron chi connectivity index (χ1n) is 7.38. The number of carbonyl (C=O) groups excluding carboxylic acids is 1. The van der Waals surface area contributed by atoms with Crippen LogP contribution >= 0.6 is 23.2 Å². The summed E-state index contributed by atoms with van der Waals surface area (Å²) in [4.78, 5) is 14.5. The molecule has 120 valence electrons. The van der Waals surface area contributed by atoms with Crippen LogP contribution in [0.5, 0.6) is 11.5 Å². The van der Waals surface area contributed by atoms with Gasteiger partial charge in [0.2, 0.25) is 5.91 Å². The molecule has 2 aliphatic rings. The molecule has 0 spiro atoms. The van der Waals surface area contributed by atoms with E-state index in [0.717, 1.165) is 36.4 Å². The number of alkyl halides is 2. The summed E-state index contributed by atoms with van der Waals surface area (Å²) >= 11 is 12.1. The summed E-state index contributed by atoms with van der Waals surface area (Å²) in [6.07, 6.45) is 2.42. The van der Waals surface area contributed by atoms with E-state index in [9.17, 15) is 4.79 Å². The number of benzene rings is 1. The molecule has 3 rings (SSSR count). The van der Waals surface area contributed by atoms with Crippen LogP contribution in [0.15, 0.2) is 18.2 Å². The largest absolute Gasteiger partial charge is 0.497 e. The number of ether oxygens (including phenoxy) is 2. The van der Waals surface area contributed by atoms with Crippen LogP contribution in [0.1, 0.15) is 30.9 Å². The molecule has 22 heavy (non-hydrogen) atoms. The summed E-state index contributed by atoms with van der Waals surface area (Å²) in [5.41, 5.74) is 1.00. The normalized spacial score (nSPS) is 25.9. The highest BCUT2D eigenvalue weighted by Crippen LogP contribution is 2.55. The molecule has 0 N–H and O–H groups in total. The van der Waals surface area contributed by atoms with Crippen LogP contribution < -0.4 is 9.47 Å². The highest BCUT2D eigenvalue weighted by molar-refractivity contribution is 6.52. The van der Waals surface area contributed by atoms with Gasteiger partial charge >= 0.3 is 0 Å². The van der Waals surface area contributed by atoms with Gasteiger partial charge in [0.05, 0.1) is 26.2 Å². The Kier molecular flexibility index (Phi) is 4.17. The third-order valence-electron chi connectivity index (χ3n) is 4.46. The zero-order valence-electron chi connectivity index (χ0n) is 12.6. The molecule has 1 amide bonds. The predicted molar refractivity (Wildman–Crippen MR) is 85.8 cm³/mol. The monoisotopic (exact) mass is 343 g/mol. The van der Waals surface area contributed by atoms with Gasteiger partial charge in [0.1, 0.15) is 15.8 Å². The molecule has 2 atom stereocenters. The molecule has 0 unspecified atom stereocenters. The topological polar surface area (TPSA) is 38.8 Å². The smallest absolute Gasteiger partial charge is 0.229 e. The van der Waals surface area contributed by atoms with Gasteiger partial charge in [0.25, 0.3) is 0 Å². The van der Waals surface area contributed by atoms with Gasteiger partial charge in [-0.15, -0.1) is 23.2 Å². The molecule has 1 saturated heterocycles. The third kappa shape index (κ3) is 2.74. The first-order chi connectivity index (χ1) is 10.5. The number of amides is 1. The quantitative estimate of drug-likeness (QED) is 0.784. The van der Waals surface area contributed by atoms with E-state index in [-0.39, 0.29) is 17.9 Å². The summed E-state index contributed by atoms with van der Waals surface area (Å²) in [7, 11) is 3.25. The van der Waals surface area contributed by atoms with Crippen molar-refractivity contribution in [2.24, 2.45) is 5.92 Å². The molecule has 1 heterocycles. The average Bonchev–Trinajstić information content (AvgIpc) is 2.94. The van der Waals surface area contributed by atoms with Gasteiger partial charge in [-0.3, -0.25) is 4.79 Å². The Labute approximate surface area is 140 Å². The SMILES string of the molecule is COc1ccc([C@@H]2CCCN2C(=O)[C@H]2CC2(Cl)Cl)c(OC)c1. The van der Waals surface area contributed by atoms with Crippen molar-refractivity contribution in [1.82, 2.24) is 4.90 Å². The van der Waals surface area contributed by atoms with E-state index in [0.29, 0.717) is 6.42 Å². The maximum atomic E-state index is 12.6. The average molecular weight is 344 g/mol. The van der Waals surface area contributed by atoms with E-state index in [4.69, 9.17) is 32.7 Å². The minimum absolute atomic E-state index is 0.0121. The van der Waals surface area contributed by atoms with Crippen molar-refractivity contribution in [3.8, 4) is 11.5 Å². The first-order valence-corrected chi connectivity index (χ1v) is 8.13. The van der Waals surface area contributed by atoms with Crippen LogP contribution in [-0.4, -0.2) is 35.9 Å². The van der Waals surface area contributed by atoms with Crippen LogP contribution in [0.3, 0.4) is 0 Å². The molecule has 6 heteroatoms. The molecule has 1 aliphatic carbocycles. The number of hydrogen-bond acceptors (Lipinski definition) is 3. The molecule has 1 aromatic carbocycles. The van der Waals surface area contributed by atoms with E-state index in [1.807, 2.05) is 23.1 Å². The van der Waals surface area contributed by atoms with Gasteiger partial charge in [-0.25, -0.2) is 0 Å². The van der Waals surface area contributed by atoms with Crippen molar-refractivity contribution in [3.63, 3.8) is 0 Å². The highest BCUT2D eigenvalue weighted by atomic mass is 35.5. The standard InChI is InChI=1S/C16H19Cl2NO3/c1-21-10-5-6-11(14(8-10)22-2)13-4-3-7-19(13)15(20)12-9-16(12,17)18/h5-6,8,12-13H,3-4,7,9H2,1-2H3/t12-,13+/m1/s1. The zero-order valence-corrected chi connectivity index (χ0v) is 14.2. The number of methoxy groups -OCH3 is 2. The molecular formula is C16H19Cl2NO3. The lowest BCUT2D eigenvalue weighted by Gasteiger charge is -2.27. The fourth-order valence-electron chi connectivity index (χ4n) is 3.13. The lowest BCUT2D eigenvalue weighted by atomic mass is 10.0. The van der Waals surface area contributed by atoms with Crippen LogP contribution in [0.25, 0.3) is 0 Å². The predicted octanol–water partition coefficient (Wildman–Crippen LogP) is 3.56. The fourth-order valence-corrected chi connectivity index (χ4v) is 3.62. The van der Waals surface area contributed by atoms with E-state index in [1.54, 1.807) is 14.2 Å². The number of hydrogen-bond donors (Lipinski definition) is 0. The van der Waals surface area contributed by atoms with Crippen molar-refractivity contribution in [2.75, 3.05) is 20.8 Å². The Hall–Kier alpha value is -1.13. The first kappa shape index (κ1) is 15.8. The molecule has 1 aromatic rings. The van der Waals surface area contributed by atoms with Crippen LogP contribution in [0, 0.1) is 5.92 Å². The van der Waals surface area contributed by atoms with Crippen LogP contribution in [0.2, 0.25) is 0 Å². The van der Waals surface area contributed by atoms with Crippen molar-refractivity contribution < 1.29 is 14.3 Å². The third-order valence-corrected chi connectivity index (χ3v) is 5.30. The van der Waals surface area contributed by atoms with Crippen LogP contribution in [0.4, 0.5) is 0 Å². The Bertz CT molecular complexity index is 591. The summed E-state index contributed by atoms with van der Waals surface area (Å²) < 4.78 is 9.82. The summed E-state index contributed by atoms with van der Waals surface area (Å²) in [6.45, 7) is 0.735. The molecule has 4 nitrogen and oxygen atoms in total. The highest BCUT2D eigenvalue weighted by Gasteiger charge is 2.58. The molecule has 2 fully saturated rings. The van der Waals surface area contributed by atoms with E-state index < -0.39 is 4.33 Å². The molecule has 1 saturated carbocycles. The number of carbonyl (C=O) groups is 1. The van der Waals surface area contributed by atoms with Gasteiger partial charge in [0, 0.05) is 18.2 Å². The minimum Gasteiger partial charge on any atom is -0.497 e. The summed E-state index contributed by atoms with van der Waals surface area (Å²) in [6, 6.07) is 5.72. The molecular weight excluding hydrogens is 325 g/mol. The lowest BCUT2D eigenvalue weighted by Crippen LogP contribution is -2.33. The second-order valence-corrected chi connectivity index (χ2v) is 7.36. The van der Waals surface area contributed by atoms with Crippen molar-refractivity contribution in [2.45, 2.75) is 29.6 Å². The number of rotatable bonds is 4. The number of likely N-dealkylation sites (tertiary alicyclic amines) is 1. The Morgan fingerprint density at radius 1 is 1.32 bits per heavy atom. The maximum Gasteiger partial charge on any atom is 0.229 e. The summed E-state index contributed by atoms with van der Waals surface area (Å²) in [5.74, 6) is 1.24. The van der Waals surface area contributed by atoms with Crippen molar-refractivity contribution in [3.05, 3.63) is 23.8 Å². The Morgan fingerprint density at radius 3 is 2.64 bits per heavy atom. The maximum absolute atomic E-state index is 12.6.